The second kappa shape index (κ2) is 10.9. The predicted molar refractivity (Wildman–Crippen MR) is 144 cm³/mol. The Balaban J connectivity index is 1.36. The molecule has 1 saturated heterocycles. The van der Waals surface area contributed by atoms with Crippen LogP contribution in [0.5, 0.6) is 0 Å². The van der Waals surface area contributed by atoms with Gasteiger partial charge in [0.1, 0.15) is 11.5 Å². The molecule has 186 valence electrons. The number of nitro benzene ring substituents is 1. The van der Waals surface area contributed by atoms with Gasteiger partial charge >= 0.3 is 0 Å². The number of carbonyl (C=O) groups excluding carboxylic acids is 1. The third-order valence-corrected chi connectivity index (χ3v) is 6.57. The van der Waals surface area contributed by atoms with Crippen molar-refractivity contribution in [1.82, 2.24) is 10.3 Å². The highest BCUT2D eigenvalue weighted by molar-refractivity contribution is 5.96. The molecule has 0 spiro atoms. The van der Waals surface area contributed by atoms with Crippen LogP contribution in [0.3, 0.4) is 0 Å². The minimum absolute atomic E-state index is 0.0742. The van der Waals surface area contributed by atoms with Gasteiger partial charge in [0.05, 0.1) is 11.0 Å². The monoisotopic (exact) mass is 493 g/mol. The van der Waals surface area contributed by atoms with Gasteiger partial charge in [-0.15, -0.1) is 0 Å². The Kier molecular flexibility index (Phi) is 7.07. The number of carbonyl (C=O) groups is 1. The second-order valence-electron chi connectivity index (χ2n) is 8.85. The lowest BCUT2D eigenvalue weighted by Crippen LogP contribution is -2.47. The topological polar surface area (TPSA) is 91.6 Å². The zero-order valence-electron chi connectivity index (χ0n) is 20.2. The molecule has 4 aromatic rings. The highest BCUT2D eigenvalue weighted by Gasteiger charge is 2.26. The Morgan fingerprint density at radius 3 is 1.97 bits per heavy atom. The Morgan fingerprint density at radius 2 is 1.41 bits per heavy atom. The number of rotatable bonds is 7. The minimum Gasteiger partial charge on any atom is -0.362 e. The fraction of sp³-hybridized carbons (Fsp3) is 0.172. The van der Waals surface area contributed by atoms with E-state index in [4.69, 9.17) is 0 Å². The van der Waals surface area contributed by atoms with Crippen molar-refractivity contribution in [2.45, 2.75) is 6.04 Å². The first-order valence-electron chi connectivity index (χ1n) is 12.2. The Hall–Kier alpha value is -4.72. The summed E-state index contributed by atoms with van der Waals surface area (Å²) < 4.78 is 0. The molecule has 0 unspecified atom stereocenters. The van der Waals surface area contributed by atoms with Crippen molar-refractivity contribution in [2.24, 2.45) is 0 Å². The lowest BCUT2D eigenvalue weighted by Gasteiger charge is -2.36. The van der Waals surface area contributed by atoms with Crippen LogP contribution in [-0.2, 0) is 0 Å². The van der Waals surface area contributed by atoms with Crippen molar-refractivity contribution in [3.63, 3.8) is 0 Å². The van der Waals surface area contributed by atoms with Crippen LogP contribution in [0, 0.1) is 10.1 Å². The predicted octanol–water partition coefficient (Wildman–Crippen LogP) is 4.84. The molecular weight excluding hydrogens is 466 g/mol. The zero-order chi connectivity index (χ0) is 25.6. The Labute approximate surface area is 215 Å². The second-order valence-corrected chi connectivity index (χ2v) is 8.85. The van der Waals surface area contributed by atoms with E-state index in [9.17, 15) is 14.9 Å². The molecule has 1 amide bonds. The third kappa shape index (κ3) is 5.43. The summed E-state index contributed by atoms with van der Waals surface area (Å²) in [5, 5.41) is 15.1. The largest absolute Gasteiger partial charge is 0.362 e. The fourth-order valence-corrected chi connectivity index (χ4v) is 4.66. The van der Waals surface area contributed by atoms with Gasteiger partial charge in [-0.1, -0.05) is 66.7 Å². The van der Waals surface area contributed by atoms with E-state index in [0.717, 1.165) is 16.9 Å². The van der Waals surface area contributed by atoms with Gasteiger partial charge in [0.2, 0.25) is 0 Å². The fourth-order valence-electron chi connectivity index (χ4n) is 4.66. The van der Waals surface area contributed by atoms with E-state index in [-0.39, 0.29) is 23.2 Å². The lowest BCUT2D eigenvalue weighted by atomic mass is 9.98. The smallest absolute Gasteiger partial charge is 0.293 e. The van der Waals surface area contributed by atoms with Gasteiger partial charge in [-0.25, -0.2) is 4.98 Å². The van der Waals surface area contributed by atoms with Gasteiger partial charge in [-0.3, -0.25) is 14.9 Å². The first-order valence-corrected chi connectivity index (χ1v) is 12.2. The maximum Gasteiger partial charge on any atom is 0.293 e. The van der Waals surface area contributed by atoms with E-state index in [1.54, 1.807) is 18.3 Å². The summed E-state index contributed by atoms with van der Waals surface area (Å²) in [5.74, 6) is 0.530. The van der Waals surface area contributed by atoms with Crippen LogP contribution in [0.1, 0.15) is 27.5 Å². The van der Waals surface area contributed by atoms with Gasteiger partial charge in [-0.2, -0.15) is 0 Å². The first kappa shape index (κ1) is 24.0. The van der Waals surface area contributed by atoms with Crippen LogP contribution < -0.4 is 15.1 Å². The highest BCUT2D eigenvalue weighted by atomic mass is 16.6. The molecule has 1 aliphatic heterocycles. The summed E-state index contributed by atoms with van der Waals surface area (Å²) in [6.07, 6.45) is 1.76. The highest BCUT2D eigenvalue weighted by Crippen LogP contribution is 2.31. The average Bonchev–Trinajstić information content (AvgIpc) is 2.97. The Bertz CT molecular complexity index is 1320. The van der Waals surface area contributed by atoms with E-state index in [1.165, 1.54) is 6.07 Å². The number of benzene rings is 3. The maximum absolute atomic E-state index is 13.3. The number of hydrogen-bond donors (Lipinski definition) is 1. The van der Waals surface area contributed by atoms with E-state index < -0.39 is 4.92 Å². The number of amides is 1. The number of hydrogen-bond acceptors (Lipinski definition) is 6. The van der Waals surface area contributed by atoms with Crippen LogP contribution in [0.15, 0.2) is 103 Å². The minimum atomic E-state index is -0.414. The van der Waals surface area contributed by atoms with Crippen LogP contribution in [0.2, 0.25) is 0 Å². The Morgan fingerprint density at radius 1 is 0.811 bits per heavy atom. The molecule has 1 aromatic heterocycles. The molecule has 2 heterocycles. The molecule has 0 radical (unpaired) electrons. The number of anilines is 2. The quantitative estimate of drug-likeness (QED) is 0.293. The number of piperazine rings is 1. The molecule has 37 heavy (non-hydrogen) atoms. The van der Waals surface area contributed by atoms with Crippen LogP contribution in [0.25, 0.3) is 0 Å². The van der Waals surface area contributed by atoms with Crippen molar-refractivity contribution < 1.29 is 9.72 Å². The summed E-state index contributed by atoms with van der Waals surface area (Å²) in [6.45, 7) is 2.64. The molecular formula is C29H27N5O3. The van der Waals surface area contributed by atoms with E-state index in [0.29, 0.717) is 31.9 Å². The molecule has 0 bridgehead atoms. The van der Waals surface area contributed by atoms with Crippen molar-refractivity contribution >= 4 is 23.1 Å². The van der Waals surface area contributed by atoms with Crippen LogP contribution >= 0.6 is 0 Å². The molecule has 1 N–H and O–H groups in total. The number of pyridine rings is 1. The van der Waals surface area contributed by atoms with Crippen LogP contribution in [0.4, 0.5) is 17.2 Å². The molecule has 1 aliphatic rings. The molecule has 8 nitrogen and oxygen atoms in total. The van der Waals surface area contributed by atoms with Gasteiger partial charge in [0.15, 0.2) is 0 Å². The normalized spacial score (nSPS) is 13.4. The molecule has 8 heteroatoms. The summed E-state index contributed by atoms with van der Waals surface area (Å²) in [7, 11) is 0. The molecule has 0 atom stereocenters. The van der Waals surface area contributed by atoms with Gasteiger partial charge in [-0.05, 0) is 35.4 Å². The van der Waals surface area contributed by atoms with Gasteiger partial charge in [0, 0.05) is 44.0 Å². The molecule has 5 rings (SSSR count). The SMILES string of the molecule is O=C(NC(c1ccccc1)c1ccccc1)c1ccc(N2CCN(c3ccccn3)CC2)c([N+](=O)[O-])c1. The standard InChI is InChI=1S/C29H27N5O3/c35-29(31-28(22-9-3-1-4-10-22)23-11-5-2-6-12-23)24-14-15-25(26(21-24)34(36)37)32-17-19-33(20-18-32)27-13-7-8-16-30-27/h1-16,21,28H,17-20H2,(H,31,35). The van der Waals surface area contributed by atoms with E-state index >= 15 is 0 Å². The third-order valence-electron chi connectivity index (χ3n) is 6.57. The molecule has 3 aromatic carbocycles. The number of nitro groups is 1. The van der Waals surface area contributed by atoms with E-state index in [2.05, 4.69) is 15.2 Å². The van der Waals surface area contributed by atoms with Gasteiger partial charge in [0.25, 0.3) is 11.6 Å². The van der Waals surface area contributed by atoms with Crippen molar-refractivity contribution in [3.05, 3.63) is 130 Å². The lowest BCUT2D eigenvalue weighted by molar-refractivity contribution is -0.384. The summed E-state index contributed by atoms with van der Waals surface area (Å²) in [4.78, 5) is 33.5. The summed E-state index contributed by atoms with van der Waals surface area (Å²) in [6, 6.07) is 29.5. The van der Waals surface area contributed by atoms with Crippen molar-refractivity contribution in [3.8, 4) is 0 Å². The van der Waals surface area contributed by atoms with Crippen molar-refractivity contribution in [1.29, 1.82) is 0 Å². The van der Waals surface area contributed by atoms with Crippen LogP contribution in [-0.4, -0.2) is 42.0 Å². The molecule has 1 fully saturated rings. The average molecular weight is 494 g/mol. The summed E-state index contributed by atoms with van der Waals surface area (Å²) >= 11 is 0. The maximum atomic E-state index is 13.3. The number of nitrogens with zero attached hydrogens (tertiary/aromatic N) is 4. The van der Waals surface area contributed by atoms with Gasteiger partial charge < -0.3 is 15.1 Å². The number of aromatic nitrogens is 1. The van der Waals surface area contributed by atoms with Crippen molar-refractivity contribution in [2.75, 3.05) is 36.0 Å². The zero-order valence-corrected chi connectivity index (χ0v) is 20.2. The van der Waals surface area contributed by atoms with E-state index in [1.807, 2.05) is 83.8 Å². The first-order chi connectivity index (χ1) is 18.1. The summed E-state index contributed by atoms with van der Waals surface area (Å²) in [5.41, 5.74) is 2.55. The molecule has 0 aliphatic carbocycles. The molecule has 0 saturated carbocycles. The number of nitrogens with one attached hydrogen (secondary N) is 1.